The first-order valence-electron chi connectivity index (χ1n) is 7.36. The number of anilines is 1. The van der Waals surface area contributed by atoms with Gasteiger partial charge >= 0.3 is 0 Å². The molecule has 3 nitrogen and oxygen atoms in total. The van der Waals surface area contributed by atoms with Gasteiger partial charge in [0.05, 0.1) is 0 Å². The lowest BCUT2D eigenvalue weighted by Gasteiger charge is -2.20. The van der Waals surface area contributed by atoms with Crippen molar-refractivity contribution in [1.82, 2.24) is 9.88 Å². The van der Waals surface area contributed by atoms with Gasteiger partial charge in [0, 0.05) is 35.6 Å². The number of benzene rings is 1. The van der Waals surface area contributed by atoms with Crippen LogP contribution in [0.15, 0.2) is 47.2 Å². The zero-order valence-electron chi connectivity index (χ0n) is 12.6. The van der Waals surface area contributed by atoms with Crippen molar-refractivity contribution in [1.29, 1.82) is 0 Å². The minimum atomic E-state index is 0.779. The van der Waals surface area contributed by atoms with Crippen molar-refractivity contribution < 1.29 is 0 Å². The summed E-state index contributed by atoms with van der Waals surface area (Å²) < 4.78 is 1.01. The van der Waals surface area contributed by atoms with Gasteiger partial charge in [0.1, 0.15) is 0 Å². The lowest BCUT2D eigenvalue weighted by atomic mass is 10.1. The summed E-state index contributed by atoms with van der Waals surface area (Å²) in [7, 11) is 0. The molecule has 112 valence electrons. The van der Waals surface area contributed by atoms with Gasteiger partial charge in [-0.25, -0.2) is 0 Å². The zero-order valence-corrected chi connectivity index (χ0v) is 14.2. The average Bonchev–Trinajstić information content (AvgIpc) is 2.51. The molecule has 2 rings (SSSR count). The molecule has 0 bridgehead atoms. The highest BCUT2D eigenvalue weighted by atomic mass is 79.9. The molecule has 0 saturated carbocycles. The summed E-state index contributed by atoms with van der Waals surface area (Å²) in [5.74, 6) is 0. The maximum absolute atomic E-state index is 4.20. The Labute approximate surface area is 135 Å². The smallest absolute Gasteiger partial charge is 0.0416 e. The summed E-state index contributed by atoms with van der Waals surface area (Å²) in [5, 5.41) is 3.52. The summed E-state index contributed by atoms with van der Waals surface area (Å²) in [4.78, 5) is 6.62. The van der Waals surface area contributed by atoms with E-state index in [9.17, 15) is 0 Å². The average molecular weight is 348 g/mol. The van der Waals surface area contributed by atoms with E-state index in [-0.39, 0.29) is 0 Å². The van der Waals surface area contributed by atoms with Crippen LogP contribution in [0.4, 0.5) is 5.69 Å². The minimum Gasteiger partial charge on any atom is -0.381 e. The third-order valence-electron chi connectivity index (χ3n) is 3.55. The predicted molar refractivity (Wildman–Crippen MR) is 92.3 cm³/mol. The van der Waals surface area contributed by atoms with Crippen molar-refractivity contribution in [2.75, 3.05) is 18.4 Å². The van der Waals surface area contributed by atoms with E-state index in [1.54, 1.807) is 6.20 Å². The number of hydrogen-bond donors (Lipinski definition) is 1. The minimum absolute atomic E-state index is 0.779. The van der Waals surface area contributed by atoms with Gasteiger partial charge in [-0.15, -0.1) is 0 Å². The van der Waals surface area contributed by atoms with E-state index in [0.717, 1.165) is 30.7 Å². The highest BCUT2D eigenvalue weighted by Gasteiger charge is 2.06. The van der Waals surface area contributed by atoms with Gasteiger partial charge in [0.15, 0.2) is 0 Å². The summed E-state index contributed by atoms with van der Waals surface area (Å²) in [6, 6.07) is 10.6. The number of pyridine rings is 1. The molecule has 2 aromatic rings. The molecule has 0 fully saturated rings. The van der Waals surface area contributed by atoms with E-state index >= 15 is 0 Å². The topological polar surface area (TPSA) is 28.2 Å². The molecule has 0 spiro atoms. The molecule has 0 aliphatic rings. The van der Waals surface area contributed by atoms with Crippen molar-refractivity contribution in [3.63, 3.8) is 0 Å². The standard InChI is InChI=1S/C17H22BrN3/c1-3-21(4-2)13-15-7-5-6-8-17(15)20-11-14-9-16(18)12-19-10-14/h5-10,12,20H,3-4,11,13H2,1-2H3. The highest BCUT2D eigenvalue weighted by Crippen LogP contribution is 2.19. The zero-order chi connectivity index (χ0) is 15.1. The number of halogens is 1. The third kappa shape index (κ3) is 4.83. The molecule has 0 amide bonds. The molecular formula is C17H22BrN3. The van der Waals surface area contributed by atoms with Crippen LogP contribution in [-0.2, 0) is 13.1 Å². The van der Waals surface area contributed by atoms with Gasteiger partial charge in [-0.2, -0.15) is 0 Å². The summed E-state index contributed by atoms with van der Waals surface area (Å²) >= 11 is 3.46. The summed E-state index contributed by atoms with van der Waals surface area (Å²) in [6.45, 7) is 8.30. The van der Waals surface area contributed by atoms with Crippen molar-refractivity contribution in [2.45, 2.75) is 26.9 Å². The van der Waals surface area contributed by atoms with Crippen LogP contribution in [0.3, 0.4) is 0 Å². The van der Waals surface area contributed by atoms with Crippen LogP contribution in [0.5, 0.6) is 0 Å². The van der Waals surface area contributed by atoms with Gasteiger partial charge in [0.25, 0.3) is 0 Å². The Morgan fingerprint density at radius 3 is 2.62 bits per heavy atom. The first kappa shape index (κ1) is 16.0. The first-order valence-corrected chi connectivity index (χ1v) is 8.15. The van der Waals surface area contributed by atoms with Crippen LogP contribution in [0.25, 0.3) is 0 Å². The van der Waals surface area contributed by atoms with E-state index in [1.807, 2.05) is 6.20 Å². The Morgan fingerprint density at radius 1 is 1.14 bits per heavy atom. The molecule has 0 atom stereocenters. The van der Waals surface area contributed by atoms with Gasteiger partial charge < -0.3 is 5.32 Å². The van der Waals surface area contributed by atoms with Crippen molar-refractivity contribution >= 4 is 21.6 Å². The maximum atomic E-state index is 4.20. The molecule has 0 radical (unpaired) electrons. The fourth-order valence-corrected chi connectivity index (χ4v) is 2.68. The second-order valence-corrected chi connectivity index (χ2v) is 5.90. The van der Waals surface area contributed by atoms with E-state index in [1.165, 1.54) is 16.8 Å². The molecule has 0 aliphatic heterocycles. The Kier molecular flexibility index (Phi) is 6.21. The number of hydrogen-bond acceptors (Lipinski definition) is 3. The lowest BCUT2D eigenvalue weighted by Crippen LogP contribution is -2.22. The molecule has 4 heteroatoms. The van der Waals surface area contributed by atoms with Gasteiger partial charge in [-0.05, 0) is 52.3 Å². The molecule has 1 N–H and O–H groups in total. The fourth-order valence-electron chi connectivity index (χ4n) is 2.27. The summed E-state index contributed by atoms with van der Waals surface area (Å²) in [5.41, 5.74) is 3.70. The van der Waals surface area contributed by atoms with Gasteiger partial charge in [0.2, 0.25) is 0 Å². The van der Waals surface area contributed by atoms with Crippen molar-refractivity contribution in [3.8, 4) is 0 Å². The number of nitrogens with one attached hydrogen (secondary N) is 1. The third-order valence-corrected chi connectivity index (χ3v) is 3.98. The van der Waals surface area contributed by atoms with E-state index in [4.69, 9.17) is 0 Å². The van der Waals surface area contributed by atoms with Crippen LogP contribution >= 0.6 is 15.9 Å². The molecule has 21 heavy (non-hydrogen) atoms. The van der Waals surface area contributed by atoms with Crippen molar-refractivity contribution in [3.05, 3.63) is 58.3 Å². The Hall–Kier alpha value is -1.39. The van der Waals surface area contributed by atoms with Crippen LogP contribution in [0.2, 0.25) is 0 Å². The Bertz CT molecular complexity index is 567. The van der Waals surface area contributed by atoms with Crippen LogP contribution in [0.1, 0.15) is 25.0 Å². The lowest BCUT2D eigenvalue weighted by molar-refractivity contribution is 0.296. The molecule has 0 saturated heterocycles. The number of nitrogens with zero attached hydrogens (tertiary/aromatic N) is 2. The number of aromatic nitrogens is 1. The predicted octanol–water partition coefficient (Wildman–Crippen LogP) is 4.30. The molecule has 1 heterocycles. The van der Waals surface area contributed by atoms with Crippen LogP contribution in [-0.4, -0.2) is 23.0 Å². The van der Waals surface area contributed by atoms with Gasteiger partial charge in [-0.3, -0.25) is 9.88 Å². The molecular weight excluding hydrogens is 326 g/mol. The van der Waals surface area contributed by atoms with Crippen LogP contribution in [0, 0.1) is 0 Å². The van der Waals surface area contributed by atoms with E-state index in [2.05, 4.69) is 75.3 Å². The summed E-state index contributed by atoms with van der Waals surface area (Å²) in [6.07, 6.45) is 3.70. The van der Waals surface area contributed by atoms with E-state index in [0.29, 0.717) is 0 Å². The first-order chi connectivity index (χ1) is 10.2. The van der Waals surface area contributed by atoms with Crippen molar-refractivity contribution in [2.24, 2.45) is 0 Å². The van der Waals surface area contributed by atoms with Crippen LogP contribution < -0.4 is 5.32 Å². The number of rotatable bonds is 7. The normalized spacial score (nSPS) is 10.9. The Balaban J connectivity index is 2.06. The molecule has 1 aromatic heterocycles. The second-order valence-electron chi connectivity index (χ2n) is 4.98. The molecule has 1 aromatic carbocycles. The molecule has 0 aliphatic carbocycles. The highest BCUT2D eigenvalue weighted by molar-refractivity contribution is 9.10. The SMILES string of the molecule is CCN(CC)Cc1ccccc1NCc1cncc(Br)c1. The quantitative estimate of drug-likeness (QED) is 0.809. The van der Waals surface area contributed by atoms with E-state index < -0.39 is 0 Å². The molecule has 0 unspecified atom stereocenters. The monoisotopic (exact) mass is 347 g/mol. The maximum Gasteiger partial charge on any atom is 0.0416 e. The number of para-hydroxylation sites is 1. The fraction of sp³-hybridized carbons (Fsp3) is 0.353. The largest absolute Gasteiger partial charge is 0.381 e. The second kappa shape index (κ2) is 8.15. The Morgan fingerprint density at radius 2 is 1.90 bits per heavy atom. The van der Waals surface area contributed by atoms with Gasteiger partial charge in [-0.1, -0.05) is 32.0 Å².